The lowest BCUT2D eigenvalue weighted by molar-refractivity contribution is -0.647. The van der Waals surface area contributed by atoms with E-state index in [0.29, 0.717) is 6.98 Å². The summed E-state index contributed by atoms with van der Waals surface area (Å²) < 4.78 is 4.73. The molecule has 0 amide bonds. The number of anilines is 2. The molecule has 4 aromatic rings. The number of pyridine rings is 1. The summed E-state index contributed by atoms with van der Waals surface area (Å²) >= 11 is 0. The summed E-state index contributed by atoms with van der Waals surface area (Å²) in [6, 6.07) is 11.5. The molecule has 5 rings (SSSR count). The Hall–Kier alpha value is -2.95. The molecule has 3 heterocycles. The summed E-state index contributed by atoms with van der Waals surface area (Å²) in [4.78, 5) is 4.75. The number of benzene rings is 2. The molecule has 0 unspecified atom stereocenters. The van der Waals surface area contributed by atoms with E-state index in [1.807, 2.05) is 0 Å². The van der Waals surface area contributed by atoms with Crippen molar-refractivity contribution in [1.82, 2.24) is 4.57 Å². The van der Waals surface area contributed by atoms with Crippen molar-refractivity contribution in [3.8, 4) is 5.69 Å². The molecule has 2 aromatic heterocycles. The maximum absolute atomic E-state index is 2.47. The molecule has 0 spiro atoms. The van der Waals surface area contributed by atoms with E-state index in [1.165, 1.54) is 61.3 Å². The molecule has 30 heavy (non-hydrogen) atoms. The Labute approximate surface area is 179 Å². The molecule has 0 atom stereocenters. The number of nitrogens with zero attached hydrogens (tertiary/aromatic N) is 4. The number of hydrogen-bond acceptors (Lipinski definition) is 2. The molecule has 0 fully saturated rings. The number of hydrogen-bond donors (Lipinski definition) is 0. The van der Waals surface area contributed by atoms with Crippen LogP contribution in [0.1, 0.15) is 22.3 Å². The summed E-state index contributed by atoms with van der Waals surface area (Å²) in [6.45, 7) is 11.5. The van der Waals surface area contributed by atoms with Crippen LogP contribution in [0.15, 0.2) is 36.5 Å². The van der Waals surface area contributed by atoms with Crippen molar-refractivity contribution in [2.45, 2.75) is 34.5 Å². The molecule has 4 nitrogen and oxygen atoms in total. The summed E-state index contributed by atoms with van der Waals surface area (Å²) in [7, 11) is 6.54. The fourth-order valence-corrected chi connectivity index (χ4v) is 5.17. The van der Waals surface area contributed by atoms with Gasteiger partial charge in [-0.1, -0.05) is 0 Å². The first-order valence-electron chi connectivity index (χ1n) is 10.7. The van der Waals surface area contributed by atoms with Gasteiger partial charge in [0.2, 0.25) is 0 Å². The van der Waals surface area contributed by atoms with Gasteiger partial charge in [-0.3, -0.25) is 0 Å². The zero-order valence-corrected chi connectivity index (χ0v) is 19.3. The van der Waals surface area contributed by atoms with Crippen molar-refractivity contribution < 1.29 is 4.57 Å². The zero-order valence-electron chi connectivity index (χ0n) is 19.3. The van der Waals surface area contributed by atoms with Crippen LogP contribution < -0.4 is 14.2 Å². The second-order valence-electron chi connectivity index (χ2n) is 9.03. The first-order chi connectivity index (χ1) is 14.2. The van der Waals surface area contributed by atoms with Gasteiger partial charge in [-0.25, -0.2) is 4.57 Å². The molecular formula is C25H30BN4+. The quantitative estimate of drug-likeness (QED) is 0.337. The highest BCUT2D eigenvalue weighted by Crippen LogP contribution is 2.43. The number of fused-ring (bicyclic) bond motifs is 4. The molecule has 0 bridgehead atoms. The minimum atomic E-state index is 0.357. The monoisotopic (exact) mass is 397 g/mol. The smallest absolute Gasteiger partial charge is 0.371 e. The standard InChI is InChI=1S/C25H30BN4/c1-15-11-12-27(6)25-23(15)19-13-16(2)17(3)14-22(19)30(25)20-9-10-21-24(18(20)4)29(8)26(5)28(21)7/h9-14H,1-8H3/q+1. The number of rotatable bonds is 1. The van der Waals surface area contributed by atoms with Crippen molar-refractivity contribution in [1.29, 1.82) is 0 Å². The van der Waals surface area contributed by atoms with Gasteiger partial charge in [0.15, 0.2) is 0 Å². The molecule has 0 N–H and O–H groups in total. The third-order valence-electron chi connectivity index (χ3n) is 7.31. The molecular weight excluding hydrogens is 367 g/mol. The van der Waals surface area contributed by atoms with Gasteiger partial charge in [-0.2, -0.15) is 4.57 Å². The molecule has 0 aliphatic carbocycles. The van der Waals surface area contributed by atoms with E-state index in [4.69, 9.17) is 0 Å². The van der Waals surface area contributed by atoms with Crippen molar-refractivity contribution in [2.75, 3.05) is 23.7 Å². The van der Waals surface area contributed by atoms with Crippen molar-refractivity contribution in [2.24, 2.45) is 7.05 Å². The van der Waals surface area contributed by atoms with Gasteiger partial charge in [0, 0.05) is 16.6 Å². The average molecular weight is 397 g/mol. The predicted molar refractivity (Wildman–Crippen MR) is 129 cm³/mol. The van der Waals surface area contributed by atoms with Gasteiger partial charge >= 0.3 is 6.98 Å². The minimum absolute atomic E-state index is 0.357. The van der Waals surface area contributed by atoms with Crippen molar-refractivity contribution >= 4 is 40.3 Å². The van der Waals surface area contributed by atoms with E-state index in [-0.39, 0.29) is 0 Å². The highest BCUT2D eigenvalue weighted by Gasteiger charge is 2.35. The third kappa shape index (κ3) is 2.32. The SMILES string of the molecule is CB1N(C)c2ccc(-n3c4cc(C)c(C)cc4c4c(C)cc[n+](C)c43)c(C)c2N1C. The van der Waals surface area contributed by atoms with E-state index in [0.717, 1.165) is 0 Å². The Morgan fingerprint density at radius 1 is 0.833 bits per heavy atom. The largest absolute Gasteiger partial charge is 0.397 e. The highest BCUT2D eigenvalue weighted by molar-refractivity contribution is 6.68. The van der Waals surface area contributed by atoms with E-state index in [9.17, 15) is 0 Å². The number of aromatic nitrogens is 2. The van der Waals surface area contributed by atoms with Crippen LogP contribution in [0.2, 0.25) is 6.82 Å². The van der Waals surface area contributed by atoms with E-state index < -0.39 is 0 Å². The lowest BCUT2D eigenvalue weighted by atomic mass is 9.78. The van der Waals surface area contributed by atoms with Crippen LogP contribution in [0.5, 0.6) is 0 Å². The summed E-state index contributed by atoms with van der Waals surface area (Å²) in [5.41, 5.74) is 11.7. The maximum Gasteiger partial charge on any atom is 0.371 e. The van der Waals surface area contributed by atoms with Crippen LogP contribution in [0, 0.1) is 27.7 Å². The molecule has 0 saturated heterocycles. The van der Waals surface area contributed by atoms with Gasteiger partial charge in [0.25, 0.3) is 5.65 Å². The normalized spacial score (nSPS) is 13.8. The Morgan fingerprint density at radius 3 is 2.23 bits per heavy atom. The van der Waals surface area contributed by atoms with Crippen LogP contribution in [0.25, 0.3) is 27.6 Å². The second kappa shape index (κ2) is 6.27. The Morgan fingerprint density at radius 2 is 1.50 bits per heavy atom. The first-order valence-corrected chi connectivity index (χ1v) is 10.7. The Kier molecular flexibility index (Phi) is 3.98. The Bertz CT molecular complexity index is 1350. The second-order valence-corrected chi connectivity index (χ2v) is 9.03. The van der Waals surface area contributed by atoms with E-state index >= 15 is 0 Å². The van der Waals surface area contributed by atoms with Crippen molar-refractivity contribution in [3.63, 3.8) is 0 Å². The van der Waals surface area contributed by atoms with Crippen LogP contribution in [-0.2, 0) is 7.05 Å². The molecule has 152 valence electrons. The lowest BCUT2D eigenvalue weighted by Gasteiger charge is -2.19. The fourth-order valence-electron chi connectivity index (χ4n) is 5.17. The van der Waals surface area contributed by atoms with E-state index in [1.54, 1.807) is 0 Å². The van der Waals surface area contributed by atoms with Gasteiger partial charge in [-0.05, 0) is 95.6 Å². The topological polar surface area (TPSA) is 15.3 Å². The summed E-state index contributed by atoms with van der Waals surface area (Å²) in [5, 5.41) is 2.68. The van der Waals surface area contributed by atoms with Crippen LogP contribution in [0.4, 0.5) is 11.4 Å². The van der Waals surface area contributed by atoms with Gasteiger partial charge in [0.1, 0.15) is 11.2 Å². The maximum atomic E-state index is 2.47. The average Bonchev–Trinajstić information content (AvgIpc) is 3.14. The predicted octanol–water partition coefficient (Wildman–Crippen LogP) is 4.85. The van der Waals surface area contributed by atoms with E-state index in [2.05, 4.69) is 111 Å². The van der Waals surface area contributed by atoms with Crippen LogP contribution >= 0.6 is 0 Å². The van der Waals surface area contributed by atoms with Crippen LogP contribution in [-0.4, -0.2) is 25.6 Å². The first kappa shape index (κ1) is 19.0. The molecule has 5 heteroatoms. The molecule has 0 saturated carbocycles. The van der Waals surface area contributed by atoms with Gasteiger partial charge in [-0.15, -0.1) is 0 Å². The summed E-state index contributed by atoms with van der Waals surface area (Å²) in [5.74, 6) is 0. The highest BCUT2D eigenvalue weighted by atomic mass is 15.3. The molecule has 2 aromatic carbocycles. The summed E-state index contributed by atoms with van der Waals surface area (Å²) in [6.07, 6.45) is 2.18. The third-order valence-corrected chi connectivity index (χ3v) is 7.31. The van der Waals surface area contributed by atoms with Crippen molar-refractivity contribution in [3.05, 3.63) is 58.8 Å². The lowest BCUT2D eigenvalue weighted by Crippen LogP contribution is -2.41. The molecule has 1 aliphatic heterocycles. The Balaban J connectivity index is 1.95. The van der Waals surface area contributed by atoms with Crippen LogP contribution in [0.3, 0.4) is 0 Å². The molecule has 1 aliphatic rings. The minimum Gasteiger partial charge on any atom is -0.397 e. The van der Waals surface area contributed by atoms with Gasteiger partial charge < -0.3 is 9.62 Å². The fraction of sp³-hybridized carbons (Fsp3) is 0.320. The zero-order chi connectivity index (χ0) is 21.5. The number of aryl methyl sites for hydroxylation is 4. The van der Waals surface area contributed by atoms with Gasteiger partial charge in [0.05, 0.1) is 24.3 Å². The molecule has 0 radical (unpaired) electrons.